The zero-order valence-corrected chi connectivity index (χ0v) is 18.4. The highest BCUT2D eigenvalue weighted by molar-refractivity contribution is 5.87. The van der Waals surface area contributed by atoms with Gasteiger partial charge in [-0.05, 0) is 69.5 Å². The standard InChI is InChI=1S/C24H29FN2O4/c1-16(23(29)26-24(2,3)4)27(14-18-5-9-19(25)10-6-18)22(28)12-8-17-7-11-20-21(13-17)31-15-30-20/h5-7,9-11,13,16H,8,12,14-15H2,1-4H3,(H,26,29)/t16-/m1/s1. The van der Waals surface area contributed by atoms with Crippen molar-refractivity contribution in [3.63, 3.8) is 0 Å². The van der Waals surface area contributed by atoms with Crippen LogP contribution in [0.2, 0.25) is 0 Å². The molecule has 0 bridgehead atoms. The first-order valence-corrected chi connectivity index (χ1v) is 10.4. The number of fused-ring (bicyclic) bond motifs is 1. The number of rotatable bonds is 7. The summed E-state index contributed by atoms with van der Waals surface area (Å²) in [5.41, 5.74) is 1.29. The fourth-order valence-electron chi connectivity index (χ4n) is 3.33. The predicted octanol–water partition coefficient (Wildman–Crippen LogP) is 3.82. The third kappa shape index (κ3) is 6.20. The quantitative estimate of drug-likeness (QED) is 0.728. The van der Waals surface area contributed by atoms with E-state index in [1.165, 1.54) is 12.1 Å². The molecule has 3 rings (SSSR count). The molecule has 0 saturated heterocycles. The summed E-state index contributed by atoms with van der Waals surface area (Å²) in [6, 6.07) is 10.9. The van der Waals surface area contributed by atoms with Crippen LogP contribution in [-0.4, -0.2) is 35.1 Å². The topological polar surface area (TPSA) is 67.9 Å². The predicted molar refractivity (Wildman–Crippen MR) is 115 cm³/mol. The van der Waals surface area contributed by atoms with E-state index in [0.29, 0.717) is 17.9 Å². The average Bonchev–Trinajstić information content (AvgIpc) is 3.17. The van der Waals surface area contributed by atoms with Gasteiger partial charge in [0.25, 0.3) is 0 Å². The molecule has 1 heterocycles. The molecule has 0 aliphatic carbocycles. The normalized spacial score (nSPS) is 13.6. The second kappa shape index (κ2) is 9.37. The summed E-state index contributed by atoms with van der Waals surface area (Å²) >= 11 is 0. The second-order valence-corrected chi connectivity index (χ2v) is 8.75. The van der Waals surface area contributed by atoms with Gasteiger partial charge in [-0.3, -0.25) is 9.59 Å². The van der Waals surface area contributed by atoms with E-state index in [1.54, 1.807) is 24.0 Å². The molecule has 7 heteroatoms. The van der Waals surface area contributed by atoms with Crippen molar-refractivity contribution in [2.24, 2.45) is 0 Å². The van der Waals surface area contributed by atoms with Crippen molar-refractivity contribution in [3.8, 4) is 11.5 Å². The maximum absolute atomic E-state index is 13.3. The Morgan fingerprint density at radius 1 is 1.06 bits per heavy atom. The van der Waals surface area contributed by atoms with Crippen molar-refractivity contribution in [2.45, 2.75) is 58.7 Å². The minimum Gasteiger partial charge on any atom is -0.454 e. The smallest absolute Gasteiger partial charge is 0.242 e. The van der Waals surface area contributed by atoms with Gasteiger partial charge in [0.2, 0.25) is 18.6 Å². The van der Waals surface area contributed by atoms with E-state index in [1.807, 2.05) is 39.0 Å². The summed E-state index contributed by atoms with van der Waals surface area (Å²) in [5, 5.41) is 2.93. The Bertz CT molecular complexity index is 938. The van der Waals surface area contributed by atoms with Gasteiger partial charge >= 0.3 is 0 Å². The first-order valence-electron chi connectivity index (χ1n) is 10.4. The van der Waals surface area contributed by atoms with Crippen molar-refractivity contribution in [3.05, 3.63) is 59.4 Å². The molecule has 2 aromatic carbocycles. The fourth-order valence-corrected chi connectivity index (χ4v) is 3.33. The SMILES string of the molecule is C[C@H](C(=O)NC(C)(C)C)N(Cc1ccc(F)cc1)C(=O)CCc1ccc2c(c1)OCO2. The van der Waals surface area contributed by atoms with Gasteiger partial charge in [-0.15, -0.1) is 0 Å². The number of hydrogen-bond acceptors (Lipinski definition) is 4. The van der Waals surface area contributed by atoms with Gasteiger partial charge < -0.3 is 19.7 Å². The summed E-state index contributed by atoms with van der Waals surface area (Å²) in [6.45, 7) is 7.81. The van der Waals surface area contributed by atoms with E-state index in [4.69, 9.17) is 9.47 Å². The summed E-state index contributed by atoms with van der Waals surface area (Å²) in [5.74, 6) is 0.638. The Labute approximate surface area is 182 Å². The number of ether oxygens (including phenoxy) is 2. The van der Waals surface area contributed by atoms with Gasteiger partial charge in [0, 0.05) is 18.5 Å². The first kappa shape index (κ1) is 22.6. The van der Waals surface area contributed by atoms with Crippen molar-refractivity contribution in [1.82, 2.24) is 10.2 Å². The Balaban J connectivity index is 1.72. The zero-order chi connectivity index (χ0) is 22.6. The summed E-state index contributed by atoms with van der Waals surface area (Å²) in [4.78, 5) is 27.4. The van der Waals surface area contributed by atoms with Crippen molar-refractivity contribution in [1.29, 1.82) is 0 Å². The molecule has 31 heavy (non-hydrogen) atoms. The lowest BCUT2D eigenvalue weighted by Crippen LogP contribution is -2.52. The van der Waals surface area contributed by atoms with Crippen LogP contribution in [0.25, 0.3) is 0 Å². The van der Waals surface area contributed by atoms with Crippen LogP contribution in [0.3, 0.4) is 0 Å². The highest BCUT2D eigenvalue weighted by atomic mass is 19.1. The fraction of sp³-hybridized carbons (Fsp3) is 0.417. The molecular formula is C24H29FN2O4. The lowest BCUT2D eigenvalue weighted by molar-refractivity contribution is -0.141. The number of nitrogens with one attached hydrogen (secondary N) is 1. The molecule has 166 valence electrons. The maximum atomic E-state index is 13.3. The summed E-state index contributed by atoms with van der Waals surface area (Å²) < 4.78 is 24.0. The molecule has 0 aromatic heterocycles. The van der Waals surface area contributed by atoms with Crippen LogP contribution in [-0.2, 0) is 22.6 Å². The number of nitrogens with zero attached hydrogens (tertiary/aromatic N) is 1. The molecule has 0 radical (unpaired) electrons. The van der Waals surface area contributed by atoms with Gasteiger partial charge in [0.1, 0.15) is 11.9 Å². The van der Waals surface area contributed by atoms with Crippen LogP contribution in [0.15, 0.2) is 42.5 Å². The van der Waals surface area contributed by atoms with E-state index in [-0.39, 0.29) is 37.4 Å². The number of hydrogen-bond donors (Lipinski definition) is 1. The number of amides is 2. The molecule has 6 nitrogen and oxygen atoms in total. The minimum absolute atomic E-state index is 0.154. The molecule has 0 fully saturated rings. The van der Waals surface area contributed by atoms with Crippen molar-refractivity contribution >= 4 is 11.8 Å². The van der Waals surface area contributed by atoms with Crippen molar-refractivity contribution in [2.75, 3.05) is 6.79 Å². The molecule has 0 unspecified atom stereocenters. The van der Waals surface area contributed by atoms with Gasteiger partial charge in [0.05, 0.1) is 0 Å². The lowest BCUT2D eigenvalue weighted by Gasteiger charge is -2.31. The van der Waals surface area contributed by atoms with E-state index in [9.17, 15) is 14.0 Å². The van der Waals surface area contributed by atoms with Crippen LogP contribution >= 0.6 is 0 Å². The third-order valence-corrected chi connectivity index (χ3v) is 5.00. The highest BCUT2D eigenvalue weighted by Gasteiger charge is 2.28. The minimum atomic E-state index is -0.673. The van der Waals surface area contributed by atoms with Crippen LogP contribution in [0.5, 0.6) is 11.5 Å². The largest absolute Gasteiger partial charge is 0.454 e. The monoisotopic (exact) mass is 428 g/mol. The molecule has 1 N–H and O–H groups in total. The highest BCUT2D eigenvalue weighted by Crippen LogP contribution is 2.32. The van der Waals surface area contributed by atoms with E-state index < -0.39 is 11.6 Å². The number of halogens is 1. The molecule has 2 amide bonds. The Morgan fingerprint density at radius 3 is 2.39 bits per heavy atom. The van der Waals surface area contributed by atoms with Crippen LogP contribution < -0.4 is 14.8 Å². The van der Waals surface area contributed by atoms with Gasteiger partial charge in [-0.25, -0.2) is 4.39 Å². The lowest BCUT2D eigenvalue weighted by atomic mass is 10.1. The van der Waals surface area contributed by atoms with Gasteiger partial charge in [0.15, 0.2) is 11.5 Å². The number of carbonyl (C=O) groups excluding carboxylic acids is 2. The third-order valence-electron chi connectivity index (χ3n) is 5.00. The first-order chi connectivity index (χ1) is 14.6. The van der Waals surface area contributed by atoms with E-state index in [2.05, 4.69) is 5.32 Å². The van der Waals surface area contributed by atoms with Gasteiger partial charge in [-0.1, -0.05) is 18.2 Å². The average molecular weight is 429 g/mol. The van der Waals surface area contributed by atoms with Crippen LogP contribution in [0.4, 0.5) is 4.39 Å². The van der Waals surface area contributed by atoms with Crippen LogP contribution in [0.1, 0.15) is 45.2 Å². The summed E-state index contributed by atoms with van der Waals surface area (Å²) in [7, 11) is 0. The Hall–Kier alpha value is -3.09. The number of aryl methyl sites for hydroxylation is 1. The second-order valence-electron chi connectivity index (χ2n) is 8.75. The molecule has 1 aliphatic rings. The Kier molecular flexibility index (Phi) is 6.83. The zero-order valence-electron chi connectivity index (χ0n) is 18.4. The molecule has 0 saturated carbocycles. The van der Waals surface area contributed by atoms with Crippen molar-refractivity contribution < 1.29 is 23.5 Å². The molecule has 1 aliphatic heterocycles. The van der Waals surface area contributed by atoms with Crippen LogP contribution in [0, 0.1) is 5.82 Å². The molecular weight excluding hydrogens is 399 g/mol. The summed E-state index contributed by atoms with van der Waals surface area (Å²) in [6.07, 6.45) is 0.733. The number of carbonyl (C=O) groups is 2. The maximum Gasteiger partial charge on any atom is 0.242 e. The van der Waals surface area contributed by atoms with E-state index >= 15 is 0 Å². The molecule has 1 atom stereocenters. The number of benzene rings is 2. The molecule has 0 spiro atoms. The van der Waals surface area contributed by atoms with Gasteiger partial charge in [-0.2, -0.15) is 0 Å². The van der Waals surface area contributed by atoms with E-state index in [0.717, 1.165) is 11.1 Å². The molecule has 2 aromatic rings. The Morgan fingerprint density at radius 2 is 1.71 bits per heavy atom.